The van der Waals surface area contributed by atoms with Crippen LogP contribution in [0.3, 0.4) is 0 Å². The van der Waals surface area contributed by atoms with Gasteiger partial charge < -0.3 is 14.2 Å². The van der Waals surface area contributed by atoms with Crippen LogP contribution in [0.4, 0.5) is 0 Å². The van der Waals surface area contributed by atoms with Crippen molar-refractivity contribution in [2.24, 2.45) is 0 Å². The lowest BCUT2D eigenvalue weighted by molar-refractivity contribution is 0.0594. The number of ether oxygens (including phenoxy) is 3. The fourth-order valence-electron chi connectivity index (χ4n) is 1.10. The van der Waals surface area contributed by atoms with Crippen LogP contribution < -0.4 is 9.47 Å². The number of methoxy groups -OCH3 is 2. The van der Waals surface area contributed by atoms with Crippen LogP contribution >= 0.6 is 0 Å². The molecule has 0 atom stereocenters. The van der Waals surface area contributed by atoms with Gasteiger partial charge in [-0.25, -0.2) is 4.79 Å². The average molecular weight is 195 g/mol. The molecular formula is C10H11O4. The van der Waals surface area contributed by atoms with Gasteiger partial charge in [0.1, 0.15) is 24.2 Å². The second-order valence-corrected chi connectivity index (χ2v) is 2.47. The molecule has 0 spiro atoms. The Balaban J connectivity index is 3.25. The number of hydrogen-bond donors (Lipinski definition) is 0. The zero-order chi connectivity index (χ0) is 10.6. The third kappa shape index (κ3) is 1.79. The second-order valence-electron chi connectivity index (χ2n) is 2.47. The summed E-state index contributed by atoms with van der Waals surface area (Å²) in [5, 5.41) is 0. The third-order valence-electron chi connectivity index (χ3n) is 1.75. The minimum Gasteiger partial charge on any atom is -0.496 e. The van der Waals surface area contributed by atoms with Crippen molar-refractivity contribution in [3.05, 3.63) is 30.9 Å². The third-order valence-corrected chi connectivity index (χ3v) is 1.75. The molecule has 1 radical (unpaired) electrons. The summed E-state index contributed by atoms with van der Waals surface area (Å²) in [6.07, 6.45) is 0. The topological polar surface area (TPSA) is 44.8 Å². The van der Waals surface area contributed by atoms with Crippen LogP contribution in [0, 0.1) is 7.11 Å². The first kappa shape index (κ1) is 10.4. The van der Waals surface area contributed by atoms with Crippen molar-refractivity contribution < 1.29 is 19.0 Å². The molecule has 14 heavy (non-hydrogen) atoms. The van der Waals surface area contributed by atoms with Gasteiger partial charge >= 0.3 is 5.97 Å². The minimum absolute atomic E-state index is 0.243. The molecule has 0 heterocycles. The Hall–Kier alpha value is -1.71. The first-order chi connectivity index (χ1) is 6.74. The molecule has 0 unspecified atom stereocenters. The first-order valence-electron chi connectivity index (χ1n) is 3.92. The van der Waals surface area contributed by atoms with Crippen LogP contribution in [0.1, 0.15) is 10.4 Å². The van der Waals surface area contributed by atoms with Gasteiger partial charge in [-0.15, -0.1) is 0 Å². The van der Waals surface area contributed by atoms with E-state index in [2.05, 4.69) is 11.8 Å². The minimum atomic E-state index is -0.513. The van der Waals surface area contributed by atoms with Gasteiger partial charge in [0, 0.05) is 0 Å². The van der Waals surface area contributed by atoms with Gasteiger partial charge in [0.2, 0.25) is 0 Å². The van der Waals surface area contributed by atoms with Gasteiger partial charge in [0.05, 0.1) is 14.2 Å². The van der Waals surface area contributed by atoms with E-state index in [9.17, 15) is 4.79 Å². The number of carbonyl (C=O) groups excluding carboxylic acids is 1. The van der Waals surface area contributed by atoms with Crippen LogP contribution in [-0.2, 0) is 4.74 Å². The van der Waals surface area contributed by atoms with Crippen LogP contribution in [0.15, 0.2) is 18.2 Å². The standard InChI is InChI=1S/C10H11O4/c1-12-7-5-4-6-8(13-2)9(7)10(11)14-3/h4-6H,1H2,2-3H3. The smallest absolute Gasteiger partial charge is 0.345 e. The number of carbonyl (C=O) groups is 1. The van der Waals surface area contributed by atoms with Crippen molar-refractivity contribution in [3.63, 3.8) is 0 Å². The monoisotopic (exact) mass is 195 g/mol. The van der Waals surface area contributed by atoms with E-state index in [-0.39, 0.29) is 5.56 Å². The lowest BCUT2D eigenvalue weighted by Gasteiger charge is -2.10. The zero-order valence-corrected chi connectivity index (χ0v) is 8.07. The molecule has 0 amide bonds. The van der Waals surface area contributed by atoms with Crippen molar-refractivity contribution >= 4 is 5.97 Å². The number of hydrogen-bond acceptors (Lipinski definition) is 4. The molecule has 4 nitrogen and oxygen atoms in total. The maximum absolute atomic E-state index is 11.4. The molecule has 0 aliphatic carbocycles. The largest absolute Gasteiger partial charge is 0.496 e. The summed E-state index contributed by atoms with van der Waals surface area (Å²) in [6, 6.07) is 4.96. The molecule has 0 aliphatic heterocycles. The van der Waals surface area contributed by atoms with Crippen molar-refractivity contribution in [2.75, 3.05) is 14.2 Å². The Labute approximate surface area is 82.4 Å². The van der Waals surface area contributed by atoms with Gasteiger partial charge in [0.25, 0.3) is 0 Å². The van der Waals surface area contributed by atoms with Gasteiger partial charge in [0.15, 0.2) is 0 Å². The van der Waals surface area contributed by atoms with E-state index in [1.807, 2.05) is 0 Å². The molecule has 1 rings (SSSR count). The predicted molar refractivity (Wildman–Crippen MR) is 50.3 cm³/mol. The number of benzene rings is 1. The highest BCUT2D eigenvalue weighted by Crippen LogP contribution is 2.28. The van der Waals surface area contributed by atoms with Crippen LogP contribution in [-0.4, -0.2) is 20.2 Å². The molecule has 4 heteroatoms. The lowest BCUT2D eigenvalue weighted by atomic mass is 10.2. The number of rotatable bonds is 3. The molecule has 0 fully saturated rings. The van der Waals surface area contributed by atoms with Crippen LogP contribution in [0.5, 0.6) is 11.5 Å². The van der Waals surface area contributed by atoms with E-state index < -0.39 is 5.97 Å². The summed E-state index contributed by atoms with van der Waals surface area (Å²) >= 11 is 0. The van der Waals surface area contributed by atoms with E-state index in [0.29, 0.717) is 11.5 Å². The highest BCUT2D eigenvalue weighted by atomic mass is 16.5. The summed E-state index contributed by atoms with van der Waals surface area (Å²) in [5.74, 6) is 0.218. The SMILES string of the molecule is [CH2]Oc1cccc(OC)c1C(=O)OC. The zero-order valence-electron chi connectivity index (χ0n) is 8.07. The van der Waals surface area contributed by atoms with Gasteiger partial charge in [-0.3, -0.25) is 0 Å². The predicted octanol–water partition coefficient (Wildman–Crippen LogP) is 1.65. The molecule has 0 aliphatic rings. The molecule has 0 aromatic heterocycles. The fourth-order valence-corrected chi connectivity index (χ4v) is 1.10. The quantitative estimate of drug-likeness (QED) is 0.688. The summed E-state index contributed by atoms with van der Waals surface area (Å²) < 4.78 is 14.4. The van der Waals surface area contributed by atoms with Gasteiger partial charge in [-0.05, 0) is 12.1 Å². The second kappa shape index (κ2) is 4.50. The Morgan fingerprint density at radius 1 is 1.29 bits per heavy atom. The lowest BCUT2D eigenvalue weighted by Crippen LogP contribution is -2.05. The van der Waals surface area contributed by atoms with Crippen LogP contribution in [0.25, 0.3) is 0 Å². The van der Waals surface area contributed by atoms with Gasteiger partial charge in [-0.1, -0.05) is 6.07 Å². The molecular weight excluding hydrogens is 184 g/mol. The van der Waals surface area contributed by atoms with Crippen molar-refractivity contribution in [1.29, 1.82) is 0 Å². The van der Waals surface area contributed by atoms with Crippen LogP contribution in [0.2, 0.25) is 0 Å². The van der Waals surface area contributed by atoms with E-state index in [4.69, 9.17) is 9.47 Å². The molecule has 0 saturated carbocycles. The Kier molecular flexibility index (Phi) is 3.34. The summed E-state index contributed by atoms with van der Waals surface area (Å²) in [6.45, 7) is 0. The maximum atomic E-state index is 11.4. The highest BCUT2D eigenvalue weighted by molar-refractivity contribution is 5.95. The first-order valence-corrected chi connectivity index (χ1v) is 3.92. The van der Waals surface area contributed by atoms with E-state index in [0.717, 1.165) is 0 Å². The Morgan fingerprint density at radius 2 is 1.93 bits per heavy atom. The average Bonchev–Trinajstić information content (AvgIpc) is 2.26. The normalized spacial score (nSPS) is 9.36. The molecule has 0 N–H and O–H groups in total. The van der Waals surface area contributed by atoms with Crippen molar-refractivity contribution in [1.82, 2.24) is 0 Å². The Bertz CT molecular complexity index is 311. The highest BCUT2D eigenvalue weighted by Gasteiger charge is 2.18. The van der Waals surface area contributed by atoms with Crippen molar-refractivity contribution in [3.8, 4) is 11.5 Å². The summed E-state index contributed by atoms with van der Waals surface area (Å²) in [7, 11) is 6.01. The van der Waals surface area contributed by atoms with Crippen molar-refractivity contribution in [2.45, 2.75) is 0 Å². The molecule has 0 saturated heterocycles. The van der Waals surface area contributed by atoms with E-state index in [1.165, 1.54) is 14.2 Å². The summed E-state index contributed by atoms with van der Waals surface area (Å²) in [5.41, 5.74) is 0.243. The molecule has 1 aromatic rings. The maximum Gasteiger partial charge on any atom is 0.345 e. The molecule has 0 bridgehead atoms. The summed E-state index contributed by atoms with van der Waals surface area (Å²) in [4.78, 5) is 11.4. The van der Waals surface area contributed by atoms with E-state index >= 15 is 0 Å². The number of esters is 1. The molecule has 1 aromatic carbocycles. The van der Waals surface area contributed by atoms with E-state index in [1.54, 1.807) is 18.2 Å². The molecule has 75 valence electrons. The van der Waals surface area contributed by atoms with Gasteiger partial charge in [-0.2, -0.15) is 0 Å². The Morgan fingerprint density at radius 3 is 2.43 bits per heavy atom. The fraction of sp³-hybridized carbons (Fsp3) is 0.200.